The van der Waals surface area contributed by atoms with Crippen molar-refractivity contribution in [1.82, 2.24) is 0 Å². The predicted octanol–water partition coefficient (Wildman–Crippen LogP) is 3.79. The van der Waals surface area contributed by atoms with Crippen LogP contribution in [0.2, 0.25) is 0 Å². The summed E-state index contributed by atoms with van der Waals surface area (Å²) in [6, 6.07) is 17.3. The Balaban J connectivity index is 2.10. The zero-order chi connectivity index (χ0) is 19.3. The topological polar surface area (TPSA) is 96.2 Å². The van der Waals surface area contributed by atoms with Crippen LogP contribution in [0.1, 0.15) is 6.42 Å². The SMILES string of the molecule is O=S(O)(O)=C1C=C(P(c2ccccc2)c2cccc(SOOO)c2)C=CC1. The van der Waals surface area contributed by atoms with Gasteiger partial charge >= 0.3 is 0 Å². The molecular formula is C18H17O6PS2. The van der Waals surface area contributed by atoms with Crippen LogP contribution >= 0.6 is 20.0 Å². The fourth-order valence-corrected chi connectivity index (χ4v) is 6.24. The van der Waals surface area contributed by atoms with Gasteiger partial charge in [-0.15, -0.1) is 4.33 Å². The Morgan fingerprint density at radius 2 is 1.78 bits per heavy atom. The van der Waals surface area contributed by atoms with Crippen LogP contribution in [0, 0.1) is 0 Å². The zero-order valence-corrected chi connectivity index (χ0v) is 16.5. The van der Waals surface area contributed by atoms with E-state index in [0.29, 0.717) is 0 Å². The van der Waals surface area contributed by atoms with Gasteiger partial charge in [0, 0.05) is 11.3 Å². The Hall–Kier alpha value is -1.48. The molecule has 6 nitrogen and oxygen atoms in total. The highest BCUT2D eigenvalue weighted by Gasteiger charge is 2.21. The van der Waals surface area contributed by atoms with Crippen molar-refractivity contribution in [2.75, 3.05) is 0 Å². The van der Waals surface area contributed by atoms with E-state index in [1.54, 1.807) is 12.2 Å². The Kier molecular flexibility index (Phi) is 6.86. The Morgan fingerprint density at radius 1 is 1.04 bits per heavy atom. The van der Waals surface area contributed by atoms with Crippen molar-refractivity contribution in [2.45, 2.75) is 11.3 Å². The first-order chi connectivity index (χ1) is 13.0. The van der Waals surface area contributed by atoms with E-state index in [9.17, 15) is 13.3 Å². The minimum absolute atomic E-state index is 0.0889. The van der Waals surface area contributed by atoms with Gasteiger partial charge in [-0.1, -0.05) is 59.7 Å². The average molecular weight is 424 g/mol. The molecule has 1 unspecified atom stereocenters. The highest BCUT2D eigenvalue weighted by Crippen LogP contribution is 2.45. The predicted molar refractivity (Wildman–Crippen MR) is 110 cm³/mol. The molecule has 0 aliphatic heterocycles. The monoisotopic (exact) mass is 424 g/mol. The lowest BCUT2D eigenvalue weighted by Gasteiger charge is -2.23. The van der Waals surface area contributed by atoms with Crippen molar-refractivity contribution in [3.8, 4) is 0 Å². The highest BCUT2D eigenvalue weighted by atomic mass is 32.2. The molecular weight excluding hydrogens is 407 g/mol. The van der Waals surface area contributed by atoms with Gasteiger partial charge in [-0.25, -0.2) is 9.47 Å². The van der Waals surface area contributed by atoms with Crippen LogP contribution in [0.25, 0.3) is 0 Å². The molecule has 1 atom stereocenters. The van der Waals surface area contributed by atoms with Crippen molar-refractivity contribution in [2.24, 2.45) is 0 Å². The third-order valence-corrected chi connectivity index (χ3v) is 7.71. The number of rotatable bonds is 6. The second-order valence-corrected chi connectivity index (χ2v) is 10.0. The molecule has 2 aromatic carbocycles. The zero-order valence-electron chi connectivity index (χ0n) is 14.0. The normalized spacial score (nSPS) is 15.5. The molecule has 0 aromatic heterocycles. The Labute approximate surface area is 163 Å². The van der Waals surface area contributed by atoms with Crippen LogP contribution in [-0.4, -0.2) is 23.4 Å². The number of hydrogen-bond acceptors (Lipinski definition) is 5. The van der Waals surface area contributed by atoms with Gasteiger partial charge in [-0.3, -0.25) is 9.11 Å². The summed E-state index contributed by atoms with van der Waals surface area (Å²) in [6.07, 6.45) is 5.52. The van der Waals surface area contributed by atoms with Crippen LogP contribution in [-0.2, 0) is 19.5 Å². The maximum atomic E-state index is 11.7. The van der Waals surface area contributed by atoms with Gasteiger partial charge in [0.15, 0.2) is 0 Å². The average Bonchev–Trinajstić information content (AvgIpc) is 2.67. The van der Waals surface area contributed by atoms with Crippen molar-refractivity contribution >= 4 is 45.5 Å². The maximum absolute atomic E-state index is 11.7. The molecule has 0 spiro atoms. The van der Waals surface area contributed by atoms with E-state index in [-0.39, 0.29) is 11.3 Å². The molecule has 0 heterocycles. The minimum Gasteiger partial charge on any atom is -0.293 e. The summed E-state index contributed by atoms with van der Waals surface area (Å²) in [5, 5.41) is 14.9. The fourth-order valence-electron chi connectivity index (χ4n) is 2.65. The summed E-state index contributed by atoms with van der Waals surface area (Å²) < 4.78 is 35.3. The van der Waals surface area contributed by atoms with E-state index in [1.165, 1.54) is 0 Å². The van der Waals surface area contributed by atoms with E-state index >= 15 is 0 Å². The summed E-state index contributed by atoms with van der Waals surface area (Å²) in [6.45, 7) is 0. The van der Waals surface area contributed by atoms with Gasteiger partial charge in [-0.2, -0.15) is 0 Å². The van der Waals surface area contributed by atoms with Gasteiger partial charge in [0.25, 0.3) is 0 Å². The lowest BCUT2D eigenvalue weighted by Crippen LogP contribution is -2.17. The van der Waals surface area contributed by atoms with Crippen LogP contribution in [0.4, 0.5) is 0 Å². The Morgan fingerprint density at radius 3 is 2.48 bits per heavy atom. The summed E-state index contributed by atoms with van der Waals surface area (Å²) in [4.78, 5) is 0.814. The molecule has 0 fully saturated rings. The second kappa shape index (κ2) is 9.14. The number of hydrogen-bond donors (Lipinski definition) is 3. The first-order valence-corrected chi connectivity index (χ1v) is 11.4. The van der Waals surface area contributed by atoms with E-state index in [2.05, 4.69) is 9.37 Å². The molecule has 0 bridgehead atoms. The van der Waals surface area contributed by atoms with Crippen LogP contribution in [0.5, 0.6) is 0 Å². The van der Waals surface area contributed by atoms with E-state index < -0.39 is 18.0 Å². The molecule has 27 heavy (non-hydrogen) atoms. The minimum atomic E-state index is -4.00. The van der Waals surface area contributed by atoms with Crippen molar-refractivity contribution in [3.63, 3.8) is 0 Å². The smallest absolute Gasteiger partial charge is 0.203 e. The quantitative estimate of drug-likeness (QED) is 0.213. The molecule has 2 aromatic rings. The highest BCUT2D eigenvalue weighted by molar-refractivity contribution is 7.94. The summed E-state index contributed by atoms with van der Waals surface area (Å²) >= 11 is 0.868. The van der Waals surface area contributed by atoms with Crippen molar-refractivity contribution in [1.29, 1.82) is 0 Å². The summed E-state index contributed by atoms with van der Waals surface area (Å²) in [5.41, 5.74) is 0. The Bertz CT molecular complexity index is 972. The molecule has 3 N–H and O–H groups in total. The molecule has 3 rings (SSSR count). The first kappa shape index (κ1) is 20.3. The van der Waals surface area contributed by atoms with Crippen molar-refractivity contribution in [3.05, 3.63) is 78.1 Å². The summed E-state index contributed by atoms with van der Waals surface area (Å²) in [7, 11) is -5.04. The van der Waals surface area contributed by atoms with Gasteiger partial charge in [0.2, 0.25) is 10.1 Å². The lowest BCUT2D eigenvalue weighted by atomic mass is 10.2. The first-order valence-electron chi connectivity index (χ1n) is 7.82. The molecule has 142 valence electrons. The van der Waals surface area contributed by atoms with Crippen LogP contribution in [0.3, 0.4) is 0 Å². The van der Waals surface area contributed by atoms with Gasteiger partial charge in [-0.05, 0) is 42.1 Å². The third kappa shape index (κ3) is 5.28. The van der Waals surface area contributed by atoms with Crippen LogP contribution < -0.4 is 10.6 Å². The van der Waals surface area contributed by atoms with E-state index in [1.807, 2.05) is 60.7 Å². The molecule has 9 heteroatoms. The second-order valence-electron chi connectivity index (χ2n) is 5.53. The molecule has 0 saturated heterocycles. The van der Waals surface area contributed by atoms with Gasteiger partial charge < -0.3 is 0 Å². The van der Waals surface area contributed by atoms with E-state index in [0.717, 1.165) is 32.9 Å². The van der Waals surface area contributed by atoms with Crippen molar-refractivity contribution < 1.29 is 27.9 Å². The molecule has 0 saturated carbocycles. The molecule has 0 radical (unpaired) electrons. The standard InChI is InChI=1S/C18H17O6PS2/c19-23-24-26-17-10-4-8-15(12-17)25(14-6-2-1-3-7-14)16-9-5-11-18(13-16)27(20,21)22/h1-10,12-13,19H,11H2,(H2,20,21,22). The van der Waals surface area contributed by atoms with Gasteiger partial charge in [0.1, 0.15) is 0 Å². The molecule has 1 aliphatic rings. The largest absolute Gasteiger partial charge is 0.293 e. The number of allylic oxidation sites excluding steroid dienone is 4. The van der Waals surface area contributed by atoms with Crippen LogP contribution in [0.15, 0.2) is 83.0 Å². The molecule has 0 amide bonds. The maximum Gasteiger partial charge on any atom is 0.203 e. The third-order valence-electron chi connectivity index (χ3n) is 3.77. The van der Waals surface area contributed by atoms with Gasteiger partial charge in [0.05, 0.1) is 16.9 Å². The fraction of sp³-hybridized carbons (Fsp3) is 0.0556. The van der Waals surface area contributed by atoms with E-state index in [4.69, 9.17) is 5.26 Å². The molecule has 1 aliphatic carbocycles. The summed E-state index contributed by atoms with van der Waals surface area (Å²) in [5.74, 6) is 0. The lowest BCUT2D eigenvalue weighted by molar-refractivity contribution is -0.432. The number of benzene rings is 2.